The van der Waals surface area contributed by atoms with Crippen LogP contribution in [0, 0.1) is 6.92 Å². The maximum absolute atomic E-state index is 13.0. The second-order valence-corrected chi connectivity index (χ2v) is 7.57. The molecule has 2 atom stereocenters. The van der Waals surface area contributed by atoms with Gasteiger partial charge in [-0.1, -0.05) is 24.6 Å². The lowest BCUT2D eigenvalue weighted by molar-refractivity contribution is -0.125. The molecule has 0 bridgehead atoms. The number of benzene rings is 1. The third-order valence-corrected chi connectivity index (χ3v) is 5.95. The van der Waals surface area contributed by atoms with Gasteiger partial charge in [0.25, 0.3) is 5.91 Å². The number of carbonyl (C=O) groups is 2. The highest BCUT2D eigenvalue weighted by atomic mass is 32.2. The van der Waals surface area contributed by atoms with Crippen LogP contribution in [0.15, 0.2) is 48.8 Å². The SMILES string of the molecule is CCC1SCC(C(=O)NCc2ccncc2)N1C(=O)c1ccc(C)cc1. The Bertz CT molecular complexity index is 764. The van der Waals surface area contributed by atoms with Crippen molar-refractivity contribution in [2.24, 2.45) is 0 Å². The molecule has 136 valence electrons. The van der Waals surface area contributed by atoms with E-state index >= 15 is 0 Å². The molecule has 2 heterocycles. The van der Waals surface area contributed by atoms with Crippen molar-refractivity contribution in [2.45, 2.75) is 38.2 Å². The fourth-order valence-electron chi connectivity index (χ4n) is 3.01. The van der Waals surface area contributed by atoms with Gasteiger partial charge in [0.05, 0.1) is 5.37 Å². The summed E-state index contributed by atoms with van der Waals surface area (Å²) in [7, 11) is 0. The maximum Gasteiger partial charge on any atom is 0.255 e. The van der Waals surface area contributed by atoms with Gasteiger partial charge in [-0.3, -0.25) is 14.6 Å². The van der Waals surface area contributed by atoms with Gasteiger partial charge in [-0.25, -0.2) is 0 Å². The van der Waals surface area contributed by atoms with Gasteiger partial charge in [0.15, 0.2) is 0 Å². The fraction of sp³-hybridized carbons (Fsp3) is 0.350. The summed E-state index contributed by atoms with van der Waals surface area (Å²) in [6.45, 7) is 4.47. The quantitative estimate of drug-likeness (QED) is 0.880. The molecule has 1 saturated heterocycles. The standard InChI is InChI=1S/C20H23N3O2S/c1-3-18-23(20(25)16-6-4-14(2)5-7-16)17(13-26-18)19(24)22-12-15-8-10-21-11-9-15/h4-11,17-18H,3,12-13H2,1-2H3,(H,22,24). The number of amides is 2. The van der Waals surface area contributed by atoms with Gasteiger partial charge in [0.2, 0.25) is 5.91 Å². The number of aromatic nitrogens is 1. The molecule has 1 N–H and O–H groups in total. The van der Waals surface area contributed by atoms with Crippen LogP contribution in [0.3, 0.4) is 0 Å². The topological polar surface area (TPSA) is 62.3 Å². The van der Waals surface area contributed by atoms with Crippen LogP contribution < -0.4 is 5.32 Å². The van der Waals surface area contributed by atoms with E-state index in [4.69, 9.17) is 0 Å². The Labute approximate surface area is 158 Å². The van der Waals surface area contributed by atoms with Gasteiger partial charge >= 0.3 is 0 Å². The van der Waals surface area contributed by atoms with Crippen molar-refractivity contribution in [3.8, 4) is 0 Å². The van der Waals surface area contributed by atoms with Gasteiger partial charge in [0, 0.05) is 30.3 Å². The number of aryl methyl sites for hydroxylation is 1. The first kappa shape index (κ1) is 18.5. The smallest absolute Gasteiger partial charge is 0.255 e. The van der Waals surface area contributed by atoms with Crippen LogP contribution in [0.2, 0.25) is 0 Å². The Kier molecular flexibility index (Phi) is 5.93. The van der Waals surface area contributed by atoms with Crippen molar-refractivity contribution in [1.82, 2.24) is 15.2 Å². The molecule has 6 heteroatoms. The molecule has 5 nitrogen and oxygen atoms in total. The molecule has 0 aliphatic carbocycles. The van der Waals surface area contributed by atoms with Gasteiger partial charge in [0.1, 0.15) is 6.04 Å². The summed E-state index contributed by atoms with van der Waals surface area (Å²) in [5.41, 5.74) is 2.72. The molecule has 1 aromatic heterocycles. The third kappa shape index (κ3) is 4.07. The van der Waals surface area contributed by atoms with Gasteiger partial charge in [-0.15, -0.1) is 11.8 Å². The zero-order valence-electron chi connectivity index (χ0n) is 15.0. The molecule has 0 radical (unpaired) electrons. The maximum atomic E-state index is 13.0. The van der Waals surface area contributed by atoms with Crippen LogP contribution in [-0.2, 0) is 11.3 Å². The first-order valence-corrected chi connectivity index (χ1v) is 9.82. The van der Waals surface area contributed by atoms with Gasteiger partial charge in [-0.05, 0) is 43.2 Å². The number of hydrogen-bond donors (Lipinski definition) is 1. The Morgan fingerprint density at radius 1 is 1.19 bits per heavy atom. The molecule has 2 aromatic rings. The van der Waals surface area contributed by atoms with Crippen LogP contribution in [0.5, 0.6) is 0 Å². The van der Waals surface area contributed by atoms with E-state index in [0.29, 0.717) is 17.9 Å². The molecule has 0 saturated carbocycles. The highest BCUT2D eigenvalue weighted by Crippen LogP contribution is 2.32. The fourth-order valence-corrected chi connectivity index (χ4v) is 4.36. The van der Waals surface area contributed by atoms with E-state index in [2.05, 4.69) is 10.3 Å². The van der Waals surface area contributed by atoms with Gasteiger partial charge in [-0.2, -0.15) is 0 Å². The lowest BCUT2D eigenvalue weighted by atomic mass is 10.1. The Morgan fingerprint density at radius 2 is 1.88 bits per heavy atom. The minimum Gasteiger partial charge on any atom is -0.350 e. The van der Waals surface area contributed by atoms with Crippen LogP contribution in [0.1, 0.15) is 34.8 Å². The molecule has 1 aliphatic rings. The minimum absolute atomic E-state index is 0.0282. The number of thioether (sulfide) groups is 1. The molecule has 2 unspecified atom stereocenters. The highest BCUT2D eigenvalue weighted by molar-refractivity contribution is 8.00. The summed E-state index contributed by atoms with van der Waals surface area (Å²) in [6, 6.07) is 10.8. The zero-order chi connectivity index (χ0) is 18.5. The van der Waals surface area contributed by atoms with E-state index in [1.165, 1.54) is 0 Å². The number of nitrogens with zero attached hydrogens (tertiary/aromatic N) is 2. The second kappa shape index (κ2) is 8.36. The Hall–Kier alpha value is -2.34. The van der Waals surface area contributed by atoms with Crippen molar-refractivity contribution in [3.05, 3.63) is 65.5 Å². The summed E-state index contributed by atoms with van der Waals surface area (Å²) in [4.78, 5) is 31.5. The molecular formula is C20H23N3O2S. The highest BCUT2D eigenvalue weighted by Gasteiger charge is 2.40. The predicted molar refractivity (Wildman–Crippen MR) is 104 cm³/mol. The molecule has 26 heavy (non-hydrogen) atoms. The van der Waals surface area contributed by atoms with Crippen molar-refractivity contribution >= 4 is 23.6 Å². The van der Waals surface area contributed by atoms with Crippen molar-refractivity contribution in [2.75, 3.05) is 5.75 Å². The average molecular weight is 369 g/mol. The van der Waals surface area contributed by atoms with Crippen molar-refractivity contribution in [3.63, 3.8) is 0 Å². The monoisotopic (exact) mass is 369 g/mol. The molecule has 1 aliphatic heterocycles. The van der Waals surface area contributed by atoms with Crippen molar-refractivity contribution in [1.29, 1.82) is 0 Å². The molecular weight excluding hydrogens is 346 g/mol. The number of nitrogens with one attached hydrogen (secondary N) is 1. The lowest BCUT2D eigenvalue weighted by Crippen LogP contribution is -2.49. The van der Waals surface area contributed by atoms with Crippen LogP contribution in [-0.4, -0.2) is 38.9 Å². The Balaban J connectivity index is 1.73. The number of hydrogen-bond acceptors (Lipinski definition) is 4. The van der Waals surface area contributed by atoms with E-state index in [-0.39, 0.29) is 17.2 Å². The largest absolute Gasteiger partial charge is 0.350 e. The summed E-state index contributed by atoms with van der Waals surface area (Å²) in [5.74, 6) is 0.440. The van der Waals surface area contributed by atoms with Crippen LogP contribution in [0.4, 0.5) is 0 Å². The number of pyridine rings is 1. The molecule has 1 fully saturated rings. The molecule has 0 spiro atoms. The van der Waals surface area contributed by atoms with E-state index in [1.54, 1.807) is 29.1 Å². The normalized spacial score (nSPS) is 19.4. The van der Waals surface area contributed by atoms with Crippen LogP contribution >= 0.6 is 11.8 Å². The zero-order valence-corrected chi connectivity index (χ0v) is 15.8. The lowest BCUT2D eigenvalue weighted by Gasteiger charge is -2.28. The second-order valence-electron chi connectivity index (χ2n) is 6.36. The summed E-state index contributed by atoms with van der Waals surface area (Å²) in [5, 5.41) is 2.99. The van der Waals surface area contributed by atoms with E-state index in [1.807, 2.05) is 50.2 Å². The molecule has 2 amide bonds. The number of carbonyl (C=O) groups excluding carboxylic acids is 2. The Morgan fingerprint density at radius 3 is 2.54 bits per heavy atom. The van der Waals surface area contributed by atoms with Crippen LogP contribution in [0.25, 0.3) is 0 Å². The molecule has 1 aromatic carbocycles. The van der Waals surface area contributed by atoms with E-state index in [0.717, 1.165) is 17.5 Å². The number of rotatable bonds is 5. The van der Waals surface area contributed by atoms with Crippen molar-refractivity contribution < 1.29 is 9.59 Å². The third-order valence-electron chi connectivity index (χ3n) is 4.49. The van der Waals surface area contributed by atoms with E-state index < -0.39 is 6.04 Å². The first-order chi connectivity index (χ1) is 12.6. The van der Waals surface area contributed by atoms with E-state index in [9.17, 15) is 9.59 Å². The minimum atomic E-state index is -0.444. The van der Waals surface area contributed by atoms with Gasteiger partial charge < -0.3 is 10.2 Å². The summed E-state index contributed by atoms with van der Waals surface area (Å²) >= 11 is 1.67. The molecule has 3 rings (SSSR count). The average Bonchev–Trinajstić information content (AvgIpc) is 3.11. The summed E-state index contributed by atoms with van der Waals surface area (Å²) < 4.78 is 0. The predicted octanol–water partition coefficient (Wildman–Crippen LogP) is 3.00. The summed E-state index contributed by atoms with van der Waals surface area (Å²) in [6.07, 6.45) is 4.22. The first-order valence-electron chi connectivity index (χ1n) is 8.77.